The van der Waals surface area contributed by atoms with Gasteiger partial charge in [0, 0.05) is 0 Å². The minimum absolute atomic E-state index is 0. The second kappa shape index (κ2) is 127. The van der Waals surface area contributed by atoms with Crippen molar-refractivity contribution in [1.29, 1.82) is 0 Å². The van der Waals surface area contributed by atoms with Gasteiger partial charge in [-0.05, 0) is 0 Å². The Morgan fingerprint density at radius 1 is 0.444 bits per heavy atom. The van der Waals surface area contributed by atoms with Gasteiger partial charge in [-0.15, -0.1) is 0 Å². The summed E-state index contributed by atoms with van der Waals surface area (Å²) >= 11 is 0. The molecule has 40 valence electrons. The molecule has 0 saturated carbocycles. The normalized spacial score (nSPS) is 0. The van der Waals surface area contributed by atoms with Gasteiger partial charge in [-0.1, -0.05) is 0 Å². The summed E-state index contributed by atoms with van der Waals surface area (Å²) in [7, 11) is 0. The van der Waals surface area contributed by atoms with E-state index in [-0.39, 0.29) is 123 Å². The Bertz CT molecular complexity index is 14.9. The van der Waals surface area contributed by atoms with Crippen LogP contribution >= 0.6 is 0 Å². The standard InChI is InChI=1S/2Al.Ca.Mg.5O/q2*+3;2*+2;5*-2. The van der Waals surface area contributed by atoms with Crippen molar-refractivity contribution in [2.24, 2.45) is 0 Å². The molecule has 0 heterocycles. The van der Waals surface area contributed by atoms with E-state index in [1.807, 2.05) is 0 Å². The number of hydrogen-bond donors (Lipinski definition) is 0. The van der Waals surface area contributed by atoms with Crippen molar-refractivity contribution in [3.63, 3.8) is 0 Å². The molecule has 0 aromatic rings. The third kappa shape index (κ3) is 103. The van der Waals surface area contributed by atoms with Crippen LogP contribution in [-0.2, 0) is 27.4 Å². The molecule has 0 aliphatic rings. The Morgan fingerprint density at radius 3 is 0.444 bits per heavy atom. The van der Waals surface area contributed by atoms with Crippen LogP contribution in [0.25, 0.3) is 0 Å². The molecule has 0 saturated heterocycles. The molecular formula is Al2CaMgO5. The maximum atomic E-state index is 0. The zero-order chi connectivity index (χ0) is 0. The van der Waals surface area contributed by atoms with Crippen LogP contribution in [0.1, 0.15) is 0 Å². The van der Waals surface area contributed by atoms with Crippen molar-refractivity contribution in [3.8, 4) is 0 Å². The summed E-state index contributed by atoms with van der Waals surface area (Å²) in [6.07, 6.45) is 0. The fourth-order valence-electron chi connectivity index (χ4n) is 0. The quantitative estimate of drug-likeness (QED) is 0.392. The monoisotopic (exact) mass is 198 g/mol. The largest absolute Gasteiger partial charge is 3.00 e. The fourth-order valence-corrected chi connectivity index (χ4v) is 0. The second-order valence-electron chi connectivity index (χ2n) is 0. The van der Waals surface area contributed by atoms with Gasteiger partial charge in [0.1, 0.15) is 0 Å². The van der Waals surface area contributed by atoms with E-state index in [4.69, 9.17) is 0 Å². The summed E-state index contributed by atoms with van der Waals surface area (Å²) in [5, 5.41) is 0. The molecule has 0 bridgehead atoms. The maximum Gasteiger partial charge on any atom is 3.00 e. The summed E-state index contributed by atoms with van der Waals surface area (Å²) in [4.78, 5) is 0. The van der Waals surface area contributed by atoms with Crippen LogP contribution < -0.4 is 0 Å². The van der Waals surface area contributed by atoms with E-state index >= 15 is 0 Å². The van der Waals surface area contributed by atoms with Crippen LogP contribution in [0.5, 0.6) is 0 Å². The Balaban J connectivity index is 0. The van der Waals surface area contributed by atoms with Crippen molar-refractivity contribution in [3.05, 3.63) is 0 Å². The number of hydrogen-bond acceptors (Lipinski definition) is 0. The average molecular weight is 198 g/mol. The molecule has 0 aromatic carbocycles. The van der Waals surface area contributed by atoms with Gasteiger partial charge in [0.25, 0.3) is 0 Å². The van der Waals surface area contributed by atoms with Gasteiger partial charge in [-0.25, -0.2) is 0 Å². The summed E-state index contributed by atoms with van der Waals surface area (Å²) in [6.45, 7) is 0. The Labute approximate surface area is 121 Å². The van der Waals surface area contributed by atoms with Crippen molar-refractivity contribution >= 4 is 95.5 Å². The summed E-state index contributed by atoms with van der Waals surface area (Å²) in [6, 6.07) is 0. The summed E-state index contributed by atoms with van der Waals surface area (Å²) < 4.78 is 0. The first-order chi connectivity index (χ1) is 0. The van der Waals surface area contributed by atoms with Crippen LogP contribution in [0.3, 0.4) is 0 Å². The SMILES string of the molecule is [Al+3].[Al+3].[Ca+2].[Mg+2].[O-2].[O-2].[O-2].[O-2].[O-2]. The summed E-state index contributed by atoms with van der Waals surface area (Å²) in [5.41, 5.74) is 0. The molecule has 0 fully saturated rings. The molecule has 0 N–H and O–H groups in total. The van der Waals surface area contributed by atoms with Gasteiger partial charge < -0.3 is 27.4 Å². The van der Waals surface area contributed by atoms with Crippen LogP contribution in [0.15, 0.2) is 0 Å². The van der Waals surface area contributed by atoms with Crippen LogP contribution in [-0.4, -0.2) is 95.5 Å². The summed E-state index contributed by atoms with van der Waals surface area (Å²) in [5.74, 6) is 0. The van der Waals surface area contributed by atoms with E-state index in [1.165, 1.54) is 0 Å². The van der Waals surface area contributed by atoms with Gasteiger partial charge in [0.15, 0.2) is 0 Å². The van der Waals surface area contributed by atoms with E-state index in [0.29, 0.717) is 0 Å². The zero-order valence-electron chi connectivity index (χ0n) is 4.61. The van der Waals surface area contributed by atoms with Crippen molar-refractivity contribution in [1.82, 2.24) is 0 Å². The van der Waals surface area contributed by atoms with E-state index in [0.717, 1.165) is 0 Å². The van der Waals surface area contributed by atoms with Gasteiger partial charge in [0.2, 0.25) is 0 Å². The van der Waals surface area contributed by atoms with E-state index in [1.54, 1.807) is 0 Å². The Kier molecular flexibility index (Phi) is 2390. The Hall–Kier alpha value is 2.89. The van der Waals surface area contributed by atoms with Gasteiger partial charge in [-0.2, -0.15) is 0 Å². The molecule has 0 aromatic heterocycles. The van der Waals surface area contributed by atoms with E-state index in [9.17, 15) is 0 Å². The topological polar surface area (TPSA) is 142 Å². The third-order valence-electron chi connectivity index (χ3n) is 0. The van der Waals surface area contributed by atoms with Gasteiger partial charge >= 0.3 is 95.5 Å². The van der Waals surface area contributed by atoms with Crippen LogP contribution in [0.4, 0.5) is 0 Å². The zero-order valence-corrected chi connectivity index (χ0v) is 10.5. The molecule has 0 radical (unpaired) electrons. The van der Waals surface area contributed by atoms with Crippen LogP contribution in [0, 0.1) is 0 Å². The minimum atomic E-state index is 0. The first kappa shape index (κ1) is 169. The molecule has 0 aliphatic carbocycles. The average Bonchev–Trinajstić information content (AvgIpc) is 0. The molecule has 5 nitrogen and oxygen atoms in total. The van der Waals surface area contributed by atoms with E-state index < -0.39 is 0 Å². The molecule has 0 atom stereocenters. The molecule has 0 spiro atoms. The van der Waals surface area contributed by atoms with Crippen molar-refractivity contribution < 1.29 is 27.4 Å². The minimum Gasteiger partial charge on any atom is -2.00 e. The van der Waals surface area contributed by atoms with Gasteiger partial charge in [-0.3, -0.25) is 0 Å². The predicted octanol–water partition coefficient (Wildman–Crippen LogP) is -2.12. The fraction of sp³-hybridized carbons (Fsp3) is 0. The molecule has 0 rings (SSSR count). The smallest absolute Gasteiger partial charge is 2.00 e. The van der Waals surface area contributed by atoms with Gasteiger partial charge in [0.05, 0.1) is 0 Å². The second-order valence-corrected chi connectivity index (χ2v) is 0. The Morgan fingerprint density at radius 2 is 0.444 bits per heavy atom. The van der Waals surface area contributed by atoms with Crippen LogP contribution in [0.2, 0.25) is 0 Å². The van der Waals surface area contributed by atoms with Crippen molar-refractivity contribution in [2.45, 2.75) is 0 Å². The molecule has 0 aliphatic heterocycles. The molecule has 9 heavy (non-hydrogen) atoms. The molecule has 9 heteroatoms. The first-order valence-corrected chi connectivity index (χ1v) is 0. The molecule has 0 amide bonds. The first-order valence-electron chi connectivity index (χ1n) is 0. The van der Waals surface area contributed by atoms with Crippen molar-refractivity contribution in [2.75, 3.05) is 0 Å². The number of rotatable bonds is 0. The molecular weight excluding hydrogens is 198 g/mol. The van der Waals surface area contributed by atoms with E-state index in [2.05, 4.69) is 0 Å². The maximum absolute atomic E-state index is 0. The molecule has 0 unspecified atom stereocenters. The third-order valence-corrected chi connectivity index (χ3v) is 0. The predicted molar refractivity (Wildman–Crippen MR) is 26.4 cm³/mol.